The van der Waals surface area contributed by atoms with Crippen molar-refractivity contribution in [1.29, 1.82) is 0 Å². The van der Waals surface area contributed by atoms with E-state index in [2.05, 4.69) is 5.32 Å². The van der Waals surface area contributed by atoms with Crippen molar-refractivity contribution in [3.8, 4) is 16.2 Å². The highest BCUT2D eigenvalue weighted by atomic mass is 32.1. The van der Waals surface area contributed by atoms with Crippen LogP contribution in [0.5, 0.6) is 5.75 Å². The topological polar surface area (TPSA) is 108 Å². The Balaban J connectivity index is 1.42. The minimum atomic E-state index is -0.664. The minimum absolute atomic E-state index is 0.0406. The molecule has 3 aromatic rings. The van der Waals surface area contributed by atoms with E-state index in [-0.39, 0.29) is 11.4 Å². The van der Waals surface area contributed by atoms with Gasteiger partial charge in [0.25, 0.3) is 11.6 Å². The molecule has 1 aliphatic rings. The standard InChI is InChI=1S/C20H14N2O6S/c23-18(21-14-6-2-3-7-15(14)22(25)26)11-28-20(24)17-9-12-10-27-16-8-4-1-5-13(16)19(12)29-17/h1-9H,10-11H2,(H,21,23). The second-order valence-electron chi connectivity index (χ2n) is 6.15. The van der Waals surface area contributed by atoms with Crippen molar-refractivity contribution >= 4 is 34.6 Å². The van der Waals surface area contributed by atoms with Crippen molar-refractivity contribution in [2.45, 2.75) is 6.61 Å². The van der Waals surface area contributed by atoms with Crippen LogP contribution in [-0.2, 0) is 16.1 Å². The molecule has 2 aromatic carbocycles. The number of esters is 1. The van der Waals surface area contributed by atoms with Crippen LogP contribution in [0.2, 0.25) is 0 Å². The second kappa shape index (κ2) is 7.72. The summed E-state index contributed by atoms with van der Waals surface area (Å²) in [5.41, 5.74) is 1.59. The molecule has 1 amide bonds. The molecule has 0 unspecified atom stereocenters. The fourth-order valence-corrected chi connectivity index (χ4v) is 4.02. The summed E-state index contributed by atoms with van der Waals surface area (Å²) in [5.74, 6) is -0.548. The molecule has 2 heterocycles. The van der Waals surface area contributed by atoms with Gasteiger partial charge in [-0.1, -0.05) is 24.3 Å². The number of nitro benzene ring substituents is 1. The van der Waals surface area contributed by atoms with Gasteiger partial charge in [-0.05, 0) is 24.3 Å². The van der Waals surface area contributed by atoms with Crippen LogP contribution in [-0.4, -0.2) is 23.4 Å². The Morgan fingerprint density at radius 1 is 1.17 bits per heavy atom. The molecule has 1 N–H and O–H groups in total. The van der Waals surface area contributed by atoms with Gasteiger partial charge in [0.15, 0.2) is 6.61 Å². The first kappa shape index (κ1) is 18.6. The first-order chi connectivity index (χ1) is 14.0. The lowest BCUT2D eigenvalue weighted by atomic mass is 10.1. The average molecular weight is 410 g/mol. The van der Waals surface area contributed by atoms with Crippen molar-refractivity contribution in [3.05, 3.63) is 75.2 Å². The van der Waals surface area contributed by atoms with Gasteiger partial charge in [-0.25, -0.2) is 4.79 Å². The maximum absolute atomic E-state index is 12.4. The van der Waals surface area contributed by atoms with Crippen molar-refractivity contribution in [1.82, 2.24) is 0 Å². The van der Waals surface area contributed by atoms with Gasteiger partial charge < -0.3 is 14.8 Å². The number of carbonyl (C=O) groups is 2. The normalized spacial score (nSPS) is 11.6. The van der Waals surface area contributed by atoms with Crippen LogP contribution in [0, 0.1) is 10.1 Å². The number of ether oxygens (including phenoxy) is 2. The Hall–Kier alpha value is -3.72. The molecule has 0 saturated carbocycles. The van der Waals surface area contributed by atoms with E-state index in [1.54, 1.807) is 12.1 Å². The fraction of sp³-hybridized carbons (Fsp3) is 0.100. The maximum atomic E-state index is 12.4. The SMILES string of the molecule is O=C(COC(=O)c1cc2c(s1)-c1ccccc1OC2)Nc1ccccc1[N+](=O)[O-]. The first-order valence-electron chi connectivity index (χ1n) is 8.58. The number of benzene rings is 2. The van der Waals surface area contributed by atoms with Crippen LogP contribution >= 0.6 is 11.3 Å². The van der Waals surface area contributed by atoms with E-state index >= 15 is 0 Å². The molecule has 9 heteroatoms. The van der Waals surface area contributed by atoms with Gasteiger partial charge in [-0.15, -0.1) is 11.3 Å². The lowest BCUT2D eigenvalue weighted by Crippen LogP contribution is -2.21. The summed E-state index contributed by atoms with van der Waals surface area (Å²) in [5, 5.41) is 13.4. The Labute approximate surface area is 168 Å². The molecule has 1 aromatic heterocycles. The first-order valence-corrected chi connectivity index (χ1v) is 9.40. The van der Waals surface area contributed by atoms with Gasteiger partial charge in [-0.3, -0.25) is 14.9 Å². The zero-order chi connectivity index (χ0) is 20.4. The molecule has 0 saturated heterocycles. The van der Waals surface area contributed by atoms with Gasteiger partial charge in [0.1, 0.15) is 22.9 Å². The third kappa shape index (κ3) is 3.81. The van der Waals surface area contributed by atoms with Gasteiger partial charge >= 0.3 is 5.97 Å². The van der Waals surface area contributed by atoms with Crippen molar-refractivity contribution in [2.24, 2.45) is 0 Å². The number of hydrogen-bond acceptors (Lipinski definition) is 7. The molecule has 0 bridgehead atoms. The van der Waals surface area contributed by atoms with Gasteiger partial charge in [0.2, 0.25) is 0 Å². The highest BCUT2D eigenvalue weighted by molar-refractivity contribution is 7.17. The summed E-state index contributed by atoms with van der Waals surface area (Å²) in [7, 11) is 0. The quantitative estimate of drug-likeness (QED) is 0.387. The molecule has 0 spiro atoms. The zero-order valence-corrected chi connectivity index (χ0v) is 15.7. The van der Waals surface area contributed by atoms with E-state index in [0.717, 1.165) is 21.8 Å². The number of thiophene rings is 1. The minimum Gasteiger partial charge on any atom is -0.488 e. The summed E-state index contributed by atoms with van der Waals surface area (Å²) in [6.07, 6.45) is 0. The molecule has 0 aliphatic carbocycles. The van der Waals surface area contributed by atoms with E-state index < -0.39 is 23.4 Å². The Morgan fingerprint density at radius 3 is 2.76 bits per heavy atom. The smallest absolute Gasteiger partial charge is 0.348 e. The van der Waals surface area contributed by atoms with E-state index in [9.17, 15) is 19.7 Å². The Morgan fingerprint density at radius 2 is 1.93 bits per heavy atom. The fourth-order valence-electron chi connectivity index (χ4n) is 2.93. The summed E-state index contributed by atoms with van der Waals surface area (Å²) in [6.45, 7) is -0.200. The molecular weight excluding hydrogens is 396 g/mol. The van der Waals surface area contributed by atoms with E-state index in [1.807, 2.05) is 24.3 Å². The number of para-hydroxylation sites is 3. The predicted octanol–water partition coefficient (Wildman–Crippen LogP) is 4.01. The number of anilines is 1. The highest BCUT2D eigenvalue weighted by Crippen LogP contribution is 2.42. The number of amides is 1. The van der Waals surface area contributed by atoms with E-state index in [4.69, 9.17) is 9.47 Å². The van der Waals surface area contributed by atoms with Gasteiger partial charge in [0, 0.05) is 22.1 Å². The Bertz CT molecular complexity index is 1120. The second-order valence-corrected chi connectivity index (χ2v) is 7.20. The van der Waals surface area contributed by atoms with E-state index in [1.165, 1.54) is 29.5 Å². The summed E-state index contributed by atoms with van der Waals surface area (Å²) in [6, 6.07) is 15.0. The Kier molecular flexibility index (Phi) is 4.96. The van der Waals surface area contributed by atoms with Crippen molar-refractivity contribution in [2.75, 3.05) is 11.9 Å². The number of carbonyl (C=O) groups excluding carboxylic acids is 2. The summed E-state index contributed by atoms with van der Waals surface area (Å²) in [4.78, 5) is 36.1. The third-order valence-corrected chi connectivity index (χ3v) is 5.42. The number of hydrogen-bond donors (Lipinski definition) is 1. The van der Waals surface area contributed by atoms with Crippen LogP contribution in [0.25, 0.3) is 10.4 Å². The number of fused-ring (bicyclic) bond motifs is 3. The zero-order valence-electron chi connectivity index (χ0n) is 14.9. The molecule has 0 fully saturated rings. The maximum Gasteiger partial charge on any atom is 0.348 e. The molecule has 0 atom stereocenters. The molecular formula is C20H14N2O6S. The highest BCUT2D eigenvalue weighted by Gasteiger charge is 2.23. The molecule has 29 heavy (non-hydrogen) atoms. The van der Waals surface area contributed by atoms with Crippen LogP contribution in [0.4, 0.5) is 11.4 Å². The van der Waals surface area contributed by atoms with Crippen molar-refractivity contribution in [3.63, 3.8) is 0 Å². The molecule has 4 rings (SSSR count). The summed E-state index contributed by atoms with van der Waals surface area (Å²) >= 11 is 1.27. The van der Waals surface area contributed by atoms with Crippen LogP contribution in [0.1, 0.15) is 15.2 Å². The van der Waals surface area contributed by atoms with Crippen LogP contribution < -0.4 is 10.1 Å². The third-order valence-electron chi connectivity index (χ3n) is 4.23. The lowest BCUT2D eigenvalue weighted by Gasteiger charge is -2.16. The number of rotatable bonds is 5. The number of nitrogens with zero attached hydrogens (tertiary/aromatic N) is 1. The van der Waals surface area contributed by atoms with Crippen molar-refractivity contribution < 1.29 is 24.0 Å². The van der Waals surface area contributed by atoms with Gasteiger partial charge in [0.05, 0.1) is 4.92 Å². The van der Waals surface area contributed by atoms with Gasteiger partial charge in [-0.2, -0.15) is 0 Å². The number of nitro groups is 1. The monoisotopic (exact) mass is 410 g/mol. The molecule has 146 valence electrons. The largest absolute Gasteiger partial charge is 0.488 e. The lowest BCUT2D eigenvalue weighted by molar-refractivity contribution is -0.383. The predicted molar refractivity (Wildman–Crippen MR) is 106 cm³/mol. The molecule has 0 radical (unpaired) electrons. The molecule has 1 aliphatic heterocycles. The van der Waals surface area contributed by atoms with Crippen LogP contribution in [0.3, 0.4) is 0 Å². The number of nitrogens with one attached hydrogen (secondary N) is 1. The van der Waals surface area contributed by atoms with E-state index in [0.29, 0.717) is 11.5 Å². The van der Waals surface area contributed by atoms with Crippen LogP contribution in [0.15, 0.2) is 54.6 Å². The summed E-state index contributed by atoms with van der Waals surface area (Å²) < 4.78 is 10.8. The molecule has 8 nitrogen and oxygen atoms in total. The average Bonchev–Trinajstić information content (AvgIpc) is 3.17.